The van der Waals surface area contributed by atoms with Crippen molar-refractivity contribution in [2.45, 2.75) is 143 Å². The number of rotatable bonds is 17. The van der Waals surface area contributed by atoms with E-state index in [9.17, 15) is 15.0 Å². The van der Waals surface area contributed by atoms with E-state index in [0.29, 0.717) is 11.3 Å². The van der Waals surface area contributed by atoms with Crippen LogP contribution in [-0.4, -0.2) is 22.3 Å². The molecule has 0 amide bonds. The molecule has 0 aliphatic carbocycles. The molecule has 0 bridgehead atoms. The van der Waals surface area contributed by atoms with E-state index in [1.165, 1.54) is 75.8 Å². The highest BCUT2D eigenvalue weighted by atomic mass is 16.6. The second-order valence-corrected chi connectivity index (χ2v) is 13.6. The fourth-order valence-electron chi connectivity index (χ4n) is 5.08. The molecule has 2 N–H and O–H groups in total. The van der Waals surface area contributed by atoms with E-state index in [0.717, 1.165) is 17.5 Å². The van der Waals surface area contributed by atoms with Gasteiger partial charge in [-0.1, -0.05) is 124 Å². The minimum Gasteiger partial charge on any atom is -0.507 e. The Morgan fingerprint density at radius 3 is 1.78 bits per heavy atom. The third-order valence-corrected chi connectivity index (χ3v) is 7.65. The topological polar surface area (TPSA) is 66.8 Å². The lowest BCUT2D eigenvalue weighted by Gasteiger charge is -2.28. The highest BCUT2D eigenvalue weighted by molar-refractivity contribution is 5.97. The Bertz CT molecular complexity index is 1050. The monoisotopic (exact) mass is 564 g/mol. The molecule has 41 heavy (non-hydrogen) atoms. The maximum Gasteiger partial charge on any atom is 0.217 e. The predicted octanol–water partition coefficient (Wildman–Crippen LogP) is 9.98. The van der Waals surface area contributed by atoms with E-state index in [4.69, 9.17) is 4.74 Å². The number of ketones is 1. The summed E-state index contributed by atoms with van der Waals surface area (Å²) in [7, 11) is 0. The van der Waals surface area contributed by atoms with Crippen molar-refractivity contribution in [2.24, 2.45) is 0 Å². The lowest BCUT2D eigenvalue weighted by Crippen LogP contribution is -2.18. The van der Waals surface area contributed by atoms with Gasteiger partial charge in [0, 0.05) is 23.1 Å². The lowest BCUT2D eigenvalue weighted by molar-refractivity contribution is 0.0246. The minimum atomic E-state index is -1.13. The van der Waals surface area contributed by atoms with Crippen molar-refractivity contribution in [3.05, 3.63) is 70.8 Å². The van der Waals surface area contributed by atoms with Gasteiger partial charge in [0.1, 0.15) is 11.5 Å². The molecule has 228 valence electrons. The fraction of sp³-hybridized carbons (Fsp3) is 0.595. The number of unbranched alkanes of at least 4 members (excludes halogenated alkanes) is 9. The van der Waals surface area contributed by atoms with Crippen LogP contribution in [0, 0.1) is 0 Å². The number of hydrogen-bond acceptors (Lipinski definition) is 4. The first-order valence-corrected chi connectivity index (χ1v) is 15.8. The zero-order chi connectivity index (χ0) is 30.5. The van der Waals surface area contributed by atoms with Gasteiger partial charge in [-0.25, -0.2) is 0 Å². The van der Waals surface area contributed by atoms with Crippen molar-refractivity contribution in [1.29, 1.82) is 0 Å². The molecule has 1 unspecified atom stereocenters. The van der Waals surface area contributed by atoms with Gasteiger partial charge in [0.05, 0.1) is 0 Å². The van der Waals surface area contributed by atoms with Crippen LogP contribution in [0.1, 0.15) is 146 Å². The van der Waals surface area contributed by atoms with Gasteiger partial charge in [-0.05, 0) is 59.6 Å². The number of carbonyl (C=O) groups is 1. The molecule has 4 nitrogen and oxygen atoms in total. The Morgan fingerprint density at radius 1 is 0.805 bits per heavy atom. The molecular formula is C37H56O4. The summed E-state index contributed by atoms with van der Waals surface area (Å²) in [5.74, 6) is 0.791. The van der Waals surface area contributed by atoms with Crippen LogP contribution in [0.25, 0.3) is 0 Å². The molecular weight excluding hydrogens is 508 g/mol. The van der Waals surface area contributed by atoms with Crippen LogP contribution in [0.3, 0.4) is 0 Å². The van der Waals surface area contributed by atoms with E-state index >= 15 is 0 Å². The number of ether oxygens (including phenoxy) is 1. The third kappa shape index (κ3) is 12.4. The second-order valence-electron chi connectivity index (χ2n) is 13.6. The Morgan fingerprint density at radius 2 is 1.29 bits per heavy atom. The highest BCUT2D eigenvalue weighted by Gasteiger charge is 2.27. The largest absolute Gasteiger partial charge is 0.507 e. The minimum absolute atomic E-state index is 0.0687. The number of carbonyl (C=O) groups excluding carboxylic acids is 1. The normalized spacial score (nSPS) is 13.1. The van der Waals surface area contributed by atoms with Gasteiger partial charge in [0.2, 0.25) is 6.29 Å². The Labute approximate surface area is 250 Å². The molecule has 0 aliphatic rings. The maximum absolute atomic E-state index is 13.0. The van der Waals surface area contributed by atoms with Crippen LogP contribution < -0.4 is 4.74 Å². The number of aromatic hydroxyl groups is 1. The van der Waals surface area contributed by atoms with E-state index < -0.39 is 6.29 Å². The summed E-state index contributed by atoms with van der Waals surface area (Å²) in [6.07, 6.45) is 16.6. The molecule has 2 aromatic rings. The summed E-state index contributed by atoms with van der Waals surface area (Å²) in [6, 6.07) is 11.5. The zero-order valence-corrected chi connectivity index (χ0v) is 26.9. The Hall–Kier alpha value is -2.59. The molecule has 0 saturated carbocycles. The van der Waals surface area contributed by atoms with Crippen LogP contribution in [0.15, 0.2) is 48.6 Å². The third-order valence-electron chi connectivity index (χ3n) is 7.65. The van der Waals surface area contributed by atoms with Gasteiger partial charge in [-0.3, -0.25) is 4.79 Å². The summed E-state index contributed by atoms with van der Waals surface area (Å²) in [4.78, 5) is 13.0. The number of aryl methyl sites for hydroxylation is 1. The van der Waals surface area contributed by atoms with Crippen LogP contribution in [0.5, 0.6) is 11.5 Å². The first-order chi connectivity index (χ1) is 19.3. The van der Waals surface area contributed by atoms with Crippen molar-refractivity contribution >= 4 is 5.78 Å². The number of phenols is 1. The number of hydrogen-bond donors (Lipinski definition) is 2. The molecule has 0 heterocycles. The predicted molar refractivity (Wildman–Crippen MR) is 172 cm³/mol. The molecule has 0 fully saturated rings. The van der Waals surface area contributed by atoms with Gasteiger partial charge in [-0.15, -0.1) is 0 Å². The van der Waals surface area contributed by atoms with Crippen molar-refractivity contribution in [3.63, 3.8) is 0 Å². The lowest BCUT2D eigenvalue weighted by atomic mass is 9.78. The van der Waals surface area contributed by atoms with Crippen molar-refractivity contribution in [2.75, 3.05) is 0 Å². The number of allylic oxidation sites excluding steroid dienone is 1. The van der Waals surface area contributed by atoms with Crippen molar-refractivity contribution in [1.82, 2.24) is 0 Å². The summed E-state index contributed by atoms with van der Waals surface area (Å²) < 4.78 is 5.63. The first-order valence-electron chi connectivity index (χ1n) is 15.8. The summed E-state index contributed by atoms with van der Waals surface area (Å²) in [5.41, 5.74) is 2.77. The summed E-state index contributed by atoms with van der Waals surface area (Å²) in [5, 5.41) is 21.3. The average molecular weight is 565 g/mol. The SMILES string of the molecule is CCCCCCCCCCCCc1ccc(OC(O)C=CCC(=O)c2cc(C(C)(C)C)c(O)c(C(C)(C)C)c2)cc1. The molecule has 0 aliphatic heterocycles. The first kappa shape index (κ1) is 34.6. The van der Waals surface area contributed by atoms with Crippen LogP contribution >= 0.6 is 0 Å². The highest BCUT2D eigenvalue weighted by Crippen LogP contribution is 2.40. The van der Waals surface area contributed by atoms with E-state index in [2.05, 4.69) is 19.1 Å². The molecule has 1 atom stereocenters. The smallest absolute Gasteiger partial charge is 0.217 e. The second kappa shape index (κ2) is 16.8. The van der Waals surface area contributed by atoms with Gasteiger partial charge in [0.15, 0.2) is 5.78 Å². The maximum atomic E-state index is 13.0. The van der Waals surface area contributed by atoms with Gasteiger partial charge >= 0.3 is 0 Å². The van der Waals surface area contributed by atoms with Crippen LogP contribution in [-0.2, 0) is 17.3 Å². The molecule has 4 heteroatoms. The fourth-order valence-corrected chi connectivity index (χ4v) is 5.08. The van der Waals surface area contributed by atoms with Gasteiger partial charge in [0.25, 0.3) is 0 Å². The molecule has 2 rings (SSSR count). The standard InChI is InChI=1S/C37H56O4/c1-8-9-10-11-12-13-14-15-16-17-19-28-22-24-30(25-23-28)41-34(39)21-18-20-33(38)29-26-31(36(2,3)4)35(40)32(27-29)37(5,6)7/h18,21-27,34,39-40H,8-17,19-20H2,1-7H3. The molecule has 0 saturated heterocycles. The zero-order valence-electron chi connectivity index (χ0n) is 26.9. The van der Waals surface area contributed by atoms with E-state index in [1.54, 1.807) is 18.2 Å². The van der Waals surface area contributed by atoms with Crippen molar-refractivity contribution < 1.29 is 19.7 Å². The average Bonchev–Trinajstić information content (AvgIpc) is 2.89. The summed E-state index contributed by atoms with van der Waals surface area (Å²) in [6.45, 7) is 14.4. The summed E-state index contributed by atoms with van der Waals surface area (Å²) >= 11 is 0. The number of phenolic OH excluding ortho intramolecular Hbond substituents is 1. The molecule has 0 aromatic heterocycles. The number of benzene rings is 2. The molecule has 0 radical (unpaired) electrons. The quantitative estimate of drug-likeness (QED) is 0.0868. The molecule has 2 aromatic carbocycles. The Kier molecular flexibility index (Phi) is 14.1. The number of Topliss-reactive ketones (excluding diaryl/α,β-unsaturated/α-hetero) is 1. The van der Waals surface area contributed by atoms with E-state index in [1.807, 2.05) is 53.7 Å². The van der Waals surface area contributed by atoms with Crippen LogP contribution in [0.4, 0.5) is 0 Å². The molecule has 0 spiro atoms. The Balaban J connectivity index is 1.81. The van der Waals surface area contributed by atoms with E-state index in [-0.39, 0.29) is 28.8 Å². The van der Waals surface area contributed by atoms with Crippen molar-refractivity contribution in [3.8, 4) is 11.5 Å². The number of aliphatic hydroxyl groups is 1. The number of aliphatic hydroxyl groups excluding tert-OH is 1. The van der Waals surface area contributed by atoms with Gasteiger partial charge in [-0.2, -0.15) is 0 Å². The van der Waals surface area contributed by atoms with Crippen LogP contribution in [0.2, 0.25) is 0 Å². The van der Waals surface area contributed by atoms with Gasteiger partial charge < -0.3 is 14.9 Å².